The first-order chi connectivity index (χ1) is 14.6. The van der Waals surface area contributed by atoms with E-state index in [2.05, 4.69) is 6.92 Å². The standard InChI is InChI=1S/C24H36O6/c1-4-5-6-7-8-9-10-11-21(25)17-22(26)14-12-20-13-15-23(29-18-27-2)24(16-20)30-19-28-3/h12-16H,4-11,17-19H2,1-3H3/b14-12+. The van der Waals surface area contributed by atoms with Gasteiger partial charge < -0.3 is 18.9 Å². The Kier molecular flexibility index (Phi) is 14.3. The number of ketones is 2. The zero-order valence-corrected chi connectivity index (χ0v) is 18.6. The second-order valence-corrected chi connectivity index (χ2v) is 7.19. The minimum atomic E-state index is -0.193. The molecular formula is C24H36O6. The Labute approximate surface area is 180 Å². The van der Waals surface area contributed by atoms with Gasteiger partial charge in [-0.2, -0.15) is 0 Å². The summed E-state index contributed by atoms with van der Waals surface area (Å²) in [6.07, 6.45) is 11.6. The van der Waals surface area contributed by atoms with Crippen molar-refractivity contribution in [3.05, 3.63) is 29.8 Å². The quantitative estimate of drug-likeness (QED) is 0.138. The molecule has 1 aromatic rings. The maximum Gasteiger partial charge on any atom is 0.188 e. The minimum Gasteiger partial charge on any atom is -0.464 e. The predicted octanol–water partition coefficient (Wildman–Crippen LogP) is 5.33. The Bertz CT molecular complexity index is 653. The molecule has 0 amide bonds. The van der Waals surface area contributed by atoms with E-state index >= 15 is 0 Å². The molecule has 0 aromatic heterocycles. The normalized spacial score (nSPS) is 11.0. The minimum absolute atomic E-state index is 0.00522. The molecule has 0 aliphatic carbocycles. The fourth-order valence-electron chi connectivity index (χ4n) is 2.92. The van der Waals surface area contributed by atoms with Crippen molar-refractivity contribution in [2.45, 2.75) is 64.7 Å². The third kappa shape index (κ3) is 11.7. The molecule has 168 valence electrons. The lowest BCUT2D eigenvalue weighted by molar-refractivity contribution is -0.124. The highest BCUT2D eigenvalue weighted by atomic mass is 16.7. The van der Waals surface area contributed by atoms with Crippen LogP contribution in [0.5, 0.6) is 11.5 Å². The largest absolute Gasteiger partial charge is 0.464 e. The molecule has 0 saturated carbocycles. The van der Waals surface area contributed by atoms with E-state index in [4.69, 9.17) is 18.9 Å². The lowest BCUT2D eigenvalue weighted by atomic mass is 10.0. The number of unbranched alkanes of at least 4 members (excludes halogenated alkanes) is 6. The SMILES string of the molecule is CCCCCCCCCC(=O)CC(=O)/C=C/c1ccc(OCOC)c(OCOC)c1. The molecule has 0 bridgehead atoms. The summed E-state index contributed by atoms with van der Waals surface area (Å²) in [5, 5.41) is 0. The van der Waals surface area contributed by atoms with E-state index in [0.29, 0.717) is 17.9 Å². The van der Waals surface area contributed by atoms with Crippen LogP contribution in [0.1, 0.15) is 70.3 Å². The highest BCUT2D eigenvalue weighted by molar-refractivity contribution is 6.06. The van der Waals surface area contributed by atoms with E-state index in [1.54, 1.807) is 24.3 Å². The first-order valence-electron chi connectivity index (χ1n) is 10.7. The number of carbonyl (C=O) groups excluding carboxylic acids is 2. The zero-order valence-electron chi connectivity index (χ0n) is 18.6. The van der Waals surface area contributed by atoms with Crippen LogP contribution < -0.4 is 9.47 Å². The molecule has 1 aromatic carbocycles. The summed E-state index contributed by atoms with van der Waals surface area (Å²) < 4.78 is 20.8. The molecule has 0 N–H and O–H groups in total. The fraction of sp³-hybridized carbons (Fsp3) is 0.583. The van der Waals surface area contributed by atoms with E-state index in [9.17, 15) is 9.59 Å². The van der Waals surface area contributed by atoms with Gasteiger partial charge in [0, 0.05) is 20.6 Å². The first kappa shape index (κ1) is 25.9. The van der Waals surface area contributed by atoms with Crippen LogP contribution >= 0.6 is 0 Å². The number of carbonyl (C=O) groups is 2. The van der Waals surface area contributed by atoms with Crippen LogP contribution in [0, 0.1) is 0 Å². The van der Waals surface area contributed by atoms with Crippen molar-refractivity contribution in [1.82, 2.24) is 0 Å². The molecule has 0 aliphatic rings. The van der Waals surface area contributed by atoms with Crippen LogP contribution in [0.4, 0.5) is 0 Å². The molecule has 0 atom stereocenters. The van der Waals surface area contributed by atoms with E-state index < -0.39 is 0 Å². The summed E-state index contributed by atoms with van der Waals surface area (Å²) in [5.41, 5.74) is 0.763. The van der Waals surface area contributed by atoms with Crippen LogP contribution in [0.3, 0.4) is 0 Å². The number of allylic oxidation sites excluding steroid dienone is 1. The fourth-order valence-corrected chi connectivity index (χ4v) is 2.92. The Hall–Kier alpha value is -2.18. The second kappa shape index (κ2) is 16.6. The third-order valence-electron chi connectivity index (χ3n) is 4.52. The Morgan fingerprint density at radius 2 is 1.50 bits per heavy atom. The van der Waals surface area contributed by atoms with Gasteiger partial charge in [-0.05, 0) is 30.2 Å². The summed E-state index contributed by atoms with van der Waals surface area (Å²) in [6, 6.07) is 5.28. The summed E-state index contributed by atoms with van der Waals surface area (Å²) >= 11 is 0. The molecule has 1 rings (SSSR count). The number of benzene rings is 1. The maximum atomic E-state index is 12.1. The number of rotatable bonds is 18. The molecule has 6 nitrogen and oxygen atoms in total. The molecule has 30 heavy (non-hydrogen) atoms. The van der Waals surface area contributed by atoms with Crippen LogP contribution in [0.2, 0.25) is 0 Å². The van der Waals surface area contributed by atoms with Crippen LogP contribution in [0.25, 0.3) is 6.08 Å². The molecule has 0 heterocycles. The van der Waals surface area contributed by atoms with Gasteiger partial charge >= 0.3 is 0 Å². The van der Waals surface area contributed by atoms with E-state index in [-0.39, 0.29) is 31.6 Å². The average molecular weight is 421 g/mol. The highest BCUT2D eigenvalue weighted by Gasteiger charge is 2.09. The summed E-state index contributed by atoms with van der Waals surface area (Å²) in [6.45, 7) is 2.37. The molecule has 0 spiro atoms. The van der Waals surface area contributed by atoms with E-state index in [1.165, 1.54) is 52.4 Å². The van der Waals surface area contributed by atoms with Gasteiger partial charge in [-0.3, -0.25) is 9.59 Å². The van der Waals surface area contributed by atoms with Crippen LogP contribution in [-0.2, 0) is 19.1 Å². The van der Waals surface area contributed by atoms with Crippen molar-refractivity contribution in [2.24, 2.45) is 0 Å². The van der Waals surface area contributed by atoms with Crippen molar-refractivity contribution in [3.63, 3.8) is 0 Å². The molecule has 0 fully saturated rings. The molecular weight excluding hydrogens is 384 g/mol. The van der Waals surface area contributed by atoms with Gasteiger partial charge in [-0.1, -0.05) is 57.6 Å². The van der Waals surface area contributed by atoms with Crippen LogP contribution in [0.15, 0.2) is 24.3 Å². The summed E-state index contributed by atoms with van der Waals surface area (Å²) in [4.78, 5) is 24.1. The van der Waals surface area contributed by atoms with Gasteiger partial charge in [0.15, 0.2) is 30.9 Å². The van der Waals surface area contributed by atoms with Gasteiger partial charge in [0.2, 0.25) is 0 Å². The summed E-state index contributed by atoms with van der Waals surface area (Å²) in [5.74, 6) is 0.813. The predicted molar refractivity (Wildman–Crippen MR) is 118 cm³/mol. The Morgan fingerprint density at radius 1 is 0.867 bits per heavy atom. The molecule has 6 heteroatoms. The van der Waals surface area contributed by atoms with Gasteiger partial charge in [0.25, 0.3) is 0 Å². The Morgan fingerprint density at radius 3 is 2.17 bits per heavy atom. The lowest BCUT2D eigenvalue weighted by Crippen LogP contribution is -2.05. The lowest BCUT2D eigenvalue weighted by Gasteiger charge is -2.12. The summed E-state index contributed by atoms with van der Waals surface area (Å²) in [7, 11) is 3.06. The van der Waals surface area contributed by atoms with Gasteiger partial charge in [-0.25, -0.2) is 0 Å². The maximum absolute atomic E-state index is 12.1. The van der Waals surface area contributed by atoms with Crippen molar-refractivity contribution in [1.29, 1.82) is 0 Å². The average Bonchev–Trinajstić information content (AvgIpc) is 2.74. The first-order valence-corrected chi connectivity index (χ1v) is 10.7. The van der Waals surface area contributed by atoms with Crippen molar-refractivity contribution < 1.29 is 28.5 Å². The van der Waals surface area contributed by atoms with Crippen molar-refractivity contribution in [3.8, 4) is 11.5 Å². The van der Waals surface area contributed by atoms with Crippen molar-refractivity contribution in [2.75, 3.05) is 27.8 Å². The third-order valence-corrected chi connectivity index (χ3v) is 4.52. The number of hydrogen-bond acceptors (Lipinski definition) is 6. The molecule has 0 unspecified atom stereocenters. The van der Waals surface area contributed by atoms with Gasteiger partial charge in [-0.15, -0.1) is 0 Å². The van der Waals surface area contributed by atoms with E-state index in [0.717, 1.165) is 18.4 Å². The smallest absolute Gasteiger partial charge is 0.188 e. The number of methoxy groups -OCH3 is 2. The monoisotopic (exact) mass is 420 g/mol. The van der Waals surface area contributed by atoms with Crippen molar-refractivity contribution >= 4 is 17.6 Å². The molecule has 0 aliphatic heterocycles. The Balaban J connectivity index is 2.46. The number of hydrogen-bond donors (Lipinski definition) is 0. The second-order valence-electron chi connectivity index (χ2n) is 7.19. The number of Topliss-reactive ketones (excluding diaryl/α,β-unsaturated/α-hetero) is 1. The highest BCUT2D eigenvalue weighted by Crippen LogP contribution is 2.29. The molecule has 0 saturated heterocycles. The number of ether oxygens (including phenoxy) is 4. The van der Waals surface area contributed by atoms with Gasteiger partial charge in [0.05, 0.1) is 6.42 Å². The van der Waals surface area contributed by atoms with Gasteiger partial charge in [0.1, 0.15) is 5.78 Å². The van der Waals surface area contributed by atoms with Crippen LogP contribution in [-0.4, -0.2) is 39.4 Å². The zero-order chi connectivity index (χ0) is 22.0. The topological polar surface area (TPSA) is 71.1 Å². The molecule has 0 radical (unpaired) electrons. The van der Waals surface area contributed by atoms with E-state index in [1.807, 2.05) is 0 Å².